The molecule has 0 aliphatic rings. The molecule has 0 spiro atoms. The Morgan fingerprint density at radius 3 is 2.68 bits per heavy atom. The molecule has 3 rings (SSSR count). The lowest BCUT2D eigenvalue weighted by Gasteiger charge is -2.02. The van der Waals surface area contributed by atoms with E-state index in [-0.39, 0.29) is 0 Å². The van der Waals surface area contributed by atoms with Gasteiger partial charge in [-0.25, -0.2) is 4.98 Å². The van der Waals surface area contributed by atoms with E-state index in [9.17, 15) is 0 Å². The average Bonchev–Trinajstić information content (AvgIpc) is 2.76. The van der Waals surface area contributed by atoms with Gasteiger partial charge in [0.2, 0.25) is 0 Å². The molecule has 0 saturated heterocycles. The number of H-pyrrole nitrogens is 1. The molecule has 0 saturated carbocycles. The van der Waals surface area contributed by atoms with Crippen molar-refractivity contribution in [2.24, 2.45) is 0 Å². The monoisotopic (exact) mass is 334 g/mol. The summed E-state index contributed by atoms with van der Waals surface area (Å²) in [5.74, 6) is 0.858. The second-order valence-corrected chi connectivity index (χ2v) is 6.02. The van der Waals surface area contributed by atoms with E-state index in [0.29, 0.717) is 0 Å². The van der Waals surface area contributed by atoms with Crippen molar-refractivity contribution in [2.45, 2.75) is 13.8 Å². The fourth-order valence-corrected chi connectivity index (χ4v) is 2.97. The van der Waals surface area contributed by atoms with E-state index >= 15 is 0 Å². The Morgan fingerprint density at radius 1 is 1.11 bits per heavy atom. The molecule has 0 fully saturated rings. The number of hydrogen-bond acceptors (Lipinski definition) is 1. The predicted octanol–water partition coefficient (Wildman–Crippen LogP) is 5.26. The number of benzene rings is 2. The number of aromatic amines is 1. The lowest BCUT2D eigenvalue weighted by Crippen LogP contribution is -1.85. The van der Waals surface area contributed by atoms with Gasteiger partial charge in [0.1, 0.15) is 5.82 Å². The first-order valence-corrected chi connectivity index (χ1v) is 7.14. The first kappa shape index (κ1) is 12.7. The van der Waals surface area contributed by atoms with Crippen LogP contribution in [-0.2, 0) is 0 Å². The Hall–Kier alpha value is -1.32. The Balaban J connectivity index is 2.26. The molecule has 3 aromatic rings. The van der Waals surface area contributed by atoms with Crippen molar-refractivity contribution >= 4 is 38.6 Å². The van der Waals surface area contributed by atoms with Crippen molar-refractivity contribution in [2.75, 3.05) is 0 Å². The smallest absolute Gasteiger partial charge is 0.138 e. The molecule has 0 amide bonds. The van der Waals surface area contributed by atoms with Crippen molar-refractivity contribution in [3.63, 3.8) is 0 Å². The molecular weight excluding hydrogens is 324 g/mol. The largest absolute Gasteiger partial charge is 0.338 e. The first-order valence-electron chi connectivity index (χ1n) is 5.97. The maximum Gasteiger partial charge on any atom is 0.138 e. The van der Waals surface area contributed by atoms with Crippen molar-refractivity contribution in [3.8, 4) is 11.4 Å². The van der Waals surface area contributed by atoms with Crippen LogP contribution < -0.4 is 0 Å². The number of nitrogens with one attached hydrogen (secondary N) is 1. The fourth-order valence-electron chi connectivity index (χ4n) is 2.22. The minimum absolute atomic E-state index is 0.721. The van der Waals surface area contributed by atoms with Crippen LogP contribution in [0.1, 0.15) is 11.1 Å². The van der Waals surface area contributed by atoms with E-state index in [1.54, 1.807) is 0 Å². The summed E-state index contributed by atoms with van der Waals surface area (Å²) in [5, 5.41) is 0.721. The Kier molecular flexibility index (Phi) is 3.11. The molecule has 1 heterocycles. The van der Waals surface area contributed by atoms with Gasteiger partial charge in [-0.05, 0) is 49.2 Å². The van der Waals surface area contributed by atoms with Crippen LogP contribution in [0.5, 0.6) is 0 Å². The maximum absolute atomic E-state index is 6.07. The third-order valence-electron chi connectivity index (χ3n) is 3.20. The molecule has 96 valence electrons. The summed E-state index contributed by atoms with van der Waals surface area (Å²) in [6, 6.07) is 9.95. The van der Waals surface area contributed by atoms with Crippen LogP contribution in [-0.4, -0.2) is 9.97 Å². The molecule has 0 aliphatic heterocycles. The fraction of sp³-hybridized carbons (Fsp3) is 0.133. The molecule has 0 radical (unpaired) electrons. The van der Waals surface area contributed by atoms with Crippen LogP contribution >= 0.6 is 27.5 Å². The number of hydrogen-bond donors (Lipinski definition) is 1. The van der Waals surface area contributed by atoms with E-state index in [0.717, 1.165) is 43.0 Å². The van der Waals surface area contributed by atoms with Crippen LogP contribution in [0.15, 0.2) is 34.8 Å². The number of aryl methyl sites for hydroxylation is 2. The quantitative estimate of drug-likeness (QED) is 0.645. The van der Waals surface area contributed by atoms with Gasteiger partial charge in [-0.1, -0.05) is 33.6 Å². The summed E-state index contributed by atoms with van der Waals surface area (Å²) in [7, 11) is 0. The van der Waals surface area contributed by atoms with Gasteiger partial charge in [-0.15, -0.1) is 0 Å². The van der Waals surface area contributed by atoms with E-state index < -0.39 is 0 Å². The molecule has 19 heavy (non-hydrogen) atoms. The standard InChI is InChI=1S/C15H12BrClN2/c1-8-3-4-11(17)7-12(8)15-18-13-6-10(16)5-9(2)14(13)19-15/h3-7H,1-2H3,(H,18,19). The average molecular weight is 336 g/mol. The third kappa shape index (κ3) is 2.28. The molecule has 2 nitrogen and oxygen atoms in total. The molecule has 0 bridgehead atoms. The van der Waals surface area contributed by atoms with Crippen LogP contribution in [0.4, 0.5) is 0 Å². The predicted molar refractivity (Wildman–Crippen MR) is 83.7 cm³/mol. The van der Waals surface area contributed by atoms with Crippen LogP contribution in [0.2, 0.25) is 5.02 Å². The van der Waals surface area contributed by atoms with Gasteiger partial charge in [0.25, 0.3) is 0 Å². The van der Waals surface area contributed by atoms with Crippen molar-refractivity contribution in [1.82, 2.24) is 9.97 Å². The summed E-state index contributed by atoms with van der Waals surface area (Å²) in [6.07, 6.45) is 0. The molecule has 0 unspecified atom stereocenters. The number of imidazole rings is 1. The zero-order valence-corrected chi connectivity index (χ0v) is 12.9. The number of rotatable bonds is 1. The second kappa shape index (κ2) is 4.66. The third-order valence-corrected chi connectivity index (χ3v) is 3.89. The van der Waals surface area contributed by atoms with Crippen LogP contribution in [0.3, 0.4) is 0 Å². The first-order chi connectivity index (χ1) is 9.04. The van der Waals surface area contributed by atoms with E-state index in [1.807, 2.05) is 24.3 Å². The van der Waals surface area contributed by atoms with Gasteiger partial charge in [0, 0.05) is 15.1 Å². The molecule has 1 aromatic heterocycles. The highest BCUT2D eigenvalue weighted by molar-refractivity contribution is 9.10. The highest BCUT2D eigenvalue weighted by Crippen LogP contribution is 2.29. The van der Waals surface area contributed by atoms with Gasteiger partial charge in [0.15, 0.2) is 0 Å². The molecule has 2 aromatic carbocycles. The Labute approximate surface area is 124 Å². The van der Waals surface area contributed by atoms with Gasteiger partial charge < -0.3 is 4.98 Å². The normalized spacial score (nSPS) is 11.2. The Bertz CT molecular complexity index is 777. The molecule has 0 aliphatic carbocycles. The second-order valence-electron chi connectivity index (χ2n) is 4.66. The van der Waals surface area contributed by atoms with Crippen LogP contribution in [0.25, 0.3) is 22.4 Å². The number of fused-ring (bicyclic) bond motifs is 1. The summed E-state index contributed by atoms with van der Waals surface area (Å²) in [6.45, 7) is 4.12. The lowest BCUT2D eigenvalue weighted by molar-refractivity contribution is 1.30. The van der Waals surface area contributed by atoms with Gasteiger partial charge in [-0.3, -0.25) is 0 Å². The highest BCUT2D eigenvalue weighted by Gasteiger charge is 2.10. The minimum Gasteiger partial charge on any atom is -0.338 e. The van der Waals surface area contributed by atoms with Crippen LogP contribution in [0, 0.1) is 13.8 Å². The van der Waals surface area contributed by atoms with E-state index in [1.165, 1.54) is 0 Å². The molecular formula is C15H12BrClN2. The topological polar surface area (TPSA) is 28.7 Å². The van der Waals surface area contributed by atoms with E-state index in [2.05, 4.69) is 40.8 Å². The van der Waals surface area contributed by atoms with Gasteiger partial charge in [-0.2, -0.15) is 0 Å². The number of nitrogens with zero attached hydrogens (tertiary/aromatic N) is 1. The summed E-state index contributed by atoms with van der Waals surface area (Å²) >= 11 is 9.58. The zero-order chi connectivity index (χ0) is 13.6. The maximum atomic E-state index is 6.07. The van der Waals surface area contributed by atoms with E-state index in [4.69, 9.17) is 16.6 Å². The van der Waals surface area contributed by atoms with Crippen molar-refractivity contribution in [1.29, 1.82) is 0 Å². The van der Waals surface area contributed by atoms with Gasteiger partial charge >= 0.3 is 0 Å². The summed E-state index contributed by atoms with van der Waals surface area (Å²) in [4.78, 5) is 8.05. The SMILES string of the molecule is Cc1ccc(Cl)cc1-c1nc2c(C)cc(Br)cc2[nH]1. The molecule has 4 heteroatoms. The molecule has 0 atom stereocenters. The minimum atomic E-state index is 0.721. The molecule has 1 N–H and O–H groups in total. The summed E-state index contributed by atoms with van der Waals surface area (Å²) in [5.41, 5.74) is 5.37. The highest BCUT2D eigenvalue weighted by atomic mass is 79.9. The zero-order valence-electron chi connectivity index (χ0n) is 10.6. The van der Waals surface area contributed by atoms with Crippen molar-refractivity contribution in [3.05, 3.63) is 51.0 Å². The Morgan fingerprint density at radius 2 is 1.89 bits per heavy atom. The number of aromatic nitrogens is 2. The lowest BCUT2D eigenvalue weighted by atomic mass is 10.1. The van der Waals surface area contributed by atoms with Crippen molar-refractivity contribution < 1.29 is 0 Å². The summed E-state index contributed by atoms with van der Waals surface area (Å²) < 4.78 is 1.05. The van der Waals surface area contributed by atoms with Gasteiger partial charge in [0.05, 0.1) is 11.0 Å². The number of halogens is 2.